The van der Waals surface area contributed by atoms with Crippen molar-refractivity contribution in [2.75, 3.05) is 11.4 Å². The average Bonchev–Trinajstić information content (AvgIpc) is 2.65. The Morgan fingerprint density at radius 2 is 1.76 bits per heavy atom. The smallest absolute Gasteiger partial charge is 0.308 e. The van der Waals surface area contributed by atoms with Crippen molar-refractivity contribution in [2.45, 2.75) is 26.7 Å². The molecule has 3 rings (SSSR count). The third-order valence-corrected chi connectivity index (χ3v) is 4.34. The SMILES string of the molecule is CC(=O)Oc1ccc(C(=O)N2CCCc3cc([N+](=O)[O-])ccc32)c(OC(C)=O)c1. The third-order valence-electron chi connectivity index (χ3n) is 4.34. The minimum atomic E-state index is -0.631. The topological polar surface area (TPSA) is 116 Å². The molecule has 2 aromatic rings. The third kappa shape index (κ3) is 4.40. The number of ether oxygens (including phenoxy) is 2. The predicted molar refractivity (Wildman–Crippen MR) is 102 cm³/mol. The van der Waals surface area contributed by atoms with Crippen molar-refractivity contribution in [3.8, 4) is 11.5 Å². The van der Waals surface area contributed by atoms with Crippen LogP contribution in [0.25, 0.3) is 0 Å². The lowest BCUT2D eigenvalue weighted by atomic mass is 10.00. The summed E-state index contributed by atoms with van der Waals surface area (Å²) in [5.41, 5.74) is 1.35. The Morgan fingerprint density at radius 1 is 1.03 bits per heavy atom. The number of rotatable bonds is 4. The average molecular weight is 398 g/mol. The van der Waals surface area contributed by atoms with Gasteiger partial charge in [0.1, 0.15) is 11.5 Å². The molecule has 0 saturated carbocycles. The second-order valence-corrected chi connectivity index (χ2v) is 6.48. The number of aryl methyl sites for hydroxylation is 1. The van der Waals surface area contributed by atoms with E-state index in [-0.39, 0.29) is 22.7 Å². The summed E-state index contributed by atoms with van der Waals surface area (Å²) in [6, 6.07) is 8.51. The fourth-order valence-electron chi connectivity index (χ4n) is 3.20. The fraction of sp³-hybridized carbons (Fsp3) is 0.250. The molecule has 0 spiro atoms. The molecule has 0 N–H and O–H groups in total. The normalized spacial score (nSPS) is 12.7. The number of anilines is 1. The highest BCUT2D eigenvalue weighted by Crippen LogP contribution is 2.34. The van der Waals surface area contributed by atoms with Gasteiger partial charge in [0.25, 0.3) is 11.6 Å². The van der Waals surface area contributed by atoms with E-state index < -0.39 is 22.8 Å². The van der Waals surface area contributed by atoms with E-state index >= 15 is 0 Å². The minimum Gasteiger partial charge on any atom is -0.427 e. The lowest BCUT2D eigenvalue weighted by Gasteiger charge is -2.29. The lowest BCUT2D eigenvalue weighted by Crippen LogP contribution is -2.35. The van der Waals surface area contributed by atoms with Crippen molar-refractivity contribution < 1.29 is 28.8 Å². The molecule has 0 radical (unpaired) electrons. The van der Waals surface area contributed by atoms with Crippen LogP contribution in [0.1, 0.15) is 36.2 Å². The molecule has 9 nitrogen and oxygen atoms in total. The molecule has 1 aliphatic rings. The number of nitrogens with zero attached hydrogens (tertiary/aromatic N) is 2. The van der Waals surface area contributed by atoms with Gasteiger partial charge in [-0.3, -0.25) is 24.5 Å². The van der Waals surface area contributed by atoms with Crippen LogP contribution in [-0.4, -0.2) is 29.3 Å². The predicted octanol–water partition coefficient (Wildman–Crippen LogP) is 3.04. The summed E-state index contributed by atoms with van der Waals surface area (Å²) in [6.07, 6.45) is 1.25. The van der Waals surface area contributed by atoms with Gasteiger partial charge in [-0.25, -0.2) is 0 Å². The Bertz CT molecular complexity index is 1020. The van der Waals surface area contributed by atoms with E-state index in [1.807, 2.05) is 0 Å². The first-order chi connectivity index (χ1) is 13.8. The zero-order valence-electron chi connectivity index (χ0n) is 15.8. The van der Waals surface area contributed by atoms with Crippen LogP contribution < -0.4 is 14.4 Å². The van der Waals surface area contributed by atoms with Crippen LogP contribution in [0, 0.1) is 10.1 Å². The number of non-ortho nitro benzene ring substituents is 1. The van der Waals surface area contributed by atoms with E-state index in [4.69, 9.17) is 9.47 Å². The summed E-state index contributed by atoms with van der Waals surface area (Å²) in [6.45, 7) is 2.84. The Hall–Kier alpha value is -3.75. The summed E-state index contributed by atoms with van der Waals surface area (Å²) in [4.78, 5) is 47.9. The van der Waals surface area contributed by atoms with Crippen molar-refractivity contribution >= 4 is 29.2 Å². The van der Waals surface area contributed by atoms with Crippen LogP contribution >= 0.6 is 0 Å². The first kappa shape index (κ1) is 20.0. The molecular weight excluding hydrogens is 380 g/mol. The Morgan fingerprint density at radius 3 is 2.41 bits per heavy atom. The van der Waals surface area contributed by atoms with E-state index in [0.717, 1.165) is 0 Å². The van der Waals surface area contributed by atoms with Gasteiger partial charge in [-0.1, -0.05) is 0 Å². The van der Waals surface area contributed by atoms with Gasteiger partial charge < -0.3 is 14.4 Å². The molecule has 2 aromatic carbocycles. The molecule has 0 atom stereocenters. The standard InChI is InChI=1S/C20H18N2O7/c1-12(23)28-16-6-7-17(19(11-16)29-13(2)24)20(25)21-9-3-4-14-10-15(22(26)27)5-8-18(14)21/h5-8,10-11H,3-4,9H2,1-2H3. The second kappa shape index (κ2) is 8.09. The molecular formula is C20H18N2O7. The number of fused-ring (bicyclic) bond motifs is 1. The molecule has 0 unspecified atom stereocenters. The number of amides is 1. The maximum atomic E-state index is 13.2. The van der Waals surface area contributed by atoms with Gasteiger partial charge >= 0.3 is 11.9 Å². The molecule has 1 aliphatic heterocycles. The highest BCUT2D eigenvalue weighted by molar-refractivity contribution is 6.09. The van der Waals surface area contributed by atoms with Crippen molar-refractivity contribution in [1.82, 2.24) is 0 Å². The first-order valence-electron chi connectivity index (χ1n) is 8.86. The van der Waals surface area contributed by atoms with Crippen LogP contribution in [-0.2, 0) is 16.0 Å². The molecule has 29 heavy (non-hydrogen) atoms. The van der Waals surface area contributed by atoms with Crippen molar-refractivity contribution in [1.29, 1.82) is 0 Å². The monoisotopic (exact) mass is 398 g/mol. The van der Waals surface area contributed by atoms with Gasteiger partial charge in [-0.2, -0.15) is 0 Å². The summed E-state index contributed by atoms with van der Waals surface area (Å²) in [7, 11) is 0. The molecule has 0 bridgehead atoms. The Balaban J connectivity index is 1.99. The van der Waals surface area contributed by atoms with Crippen LogP contribution in [0.15, 0.2) is 36.4 Å². The molecule has 1 heterocycles. The van der Waals surface area contributed by atoms with E-state index in [1.54, 1.807) is 6.07 Å². The lowest BCUT2D eigenvalue weighted by molar-refractivity contribution is -0.384. The maximum absolute atomic E-state index is 13.2. The number of nitro benzene ring substituents is 1. The van der Waals surface area contributed by atoms with Crippen molar-refractivity contribution in [3.63, 3.8) is 0 Å². The molecule has 0 aliphatic carbocycles. The number of hydrogen-bond acceptors (Lipinski definition) is 7. The molecule has 150 valence electrons. The number of nitro groups is 1. The van der Waals surface area contributed by atoms with Crippen LogP contribution in [0.4, 0.5) is 11.4 Å². The van der Waals surface area contributed by atoms with E-state index in [9.17, 15) is 24.5 Å². The highest BCUT2D eigenvalue weighted by atomic mass is 16.6. The quantitative estimate of drug-likeness (QED) is 0.336. The molecule has 0 saturated heterocycles. The summed E-state index contributed by atoms with van der Waals surface area (Å²) in [5.74, 6) is -1.50. The van der Waals surface area contributed by atoms with Crippen molar-refractivity contribution in [3.05, 3.63) is 57.6 Å². The van der Waals surface area contributed by atoms with Crippen LogP contribution in [0.3, 0.4) is 0 Å². The highest BCUT2D eigenvalue weighted by Gasteiger charge is 2.28. The van der Waals surface area contributed by atoms with Gasteiger partial charge in [-0.05, 0) is 36.6 Å². The summed E-state index contributed by atoms with van der Waals surface area (Å²) < 4.78 is 10.1. The number of carbonyl (C=O) groups is 3. The molecule has 9 heteroatoms. The fourth-order valence-corrected chi connectivity index (χ4v) is 3.20. The van der Waals surface area contributed by atoms with Gasteiger partial charge in [0.2, 0.25) is 0 Å². The minimum absolute atomic E-state index is 0.0321. The number of hydrogen-bond donors (Lipinski definition) is 0. The Labute approximate surface area is 166 Å². The van der Waals surface area contributed by atoms with E-state index in [0.29, 0.717) is 30.6 Å². The molecule has 0 fully saturated rings. The maximum Gasteiger partial charge on any atom is 0.308 e. The number of carbonyl (C=O) groups excluding carboxylic acids is 3. The van der Waals surface area contributed by atoms with Gasteiger partial charge in [0, 0.05) is 44.3 Å². The van der Waals surface area contributed by atoms with Crippen LogP contribution in [0.2, 0.25) is 0 Å². The molecule has 1 amide bonds. The second-order valence-electron chi connectivity index (χ2n) is 6.48. The van der Waals surface area contributed by atoms with Crippen LogP contribution in [0.5, 0.6) is 11.5 Å². The largest absolute Gasteiger partial charge is 0.427 e. The van der Waals surface area contributed by atoms with Gasteiger partial charge in [-0.15, -0.1) is 0 Å². The van der Waals surface area contributed by atoms with Gasteiger partial charge in [0.05, 0.1) is 10.5 Å². The van der Waals surface area contributed by atoms with Crippen molar-refractivity contribution in [2.24, 2.45) is 0 Å². The first-order valence-corrected chi connectivity index (χ1v) is 8.86. The van der Waals surface area contributed by atoms with E-state index in [2.05, 4.69) is 0 Å². The zero-order chi connectivity index (χ0) is 21.1. The zero-order valence-corrected chi connectivity index (χ0v) is 15.8. The summed E-state index contributed by atoms with van der Waals surface area (Å²) >= 11 is 0. The van der Waals surface area contributed by atoms with E-state index in [1.165, 1.54) is 49.1 Å². The summed E-state index contributed by atoms with van der Waals surface area (Å²) in [5, 5.41) is 11.0. The Kier molecular flexibility index (Phi) is 5.58. The number of benzene rings is 2. The van der Waals surface area contributed by atoms with Gasteiger partial charge in [0.15, 0.2) is 0 Å². The number of esters is 2. The molecule has 0 aromatic heterocycles.